The van der Waals surface area contributed by atoms with Gasteiger partial charge in [0.05, 0.1) is 29.0 Å². The minimum absolute atomic E-state index is 0.247. The molecular weight excluding hydrogens is 734 g/mol. The molecule has 1 N–H and O–H groups in total. The van der Waals surface area contributed by atoms with Gasteiger partial charge in [0.15, 0.2) is 23.8 Å². The molecule has 0 saturated carbocycles. The number of nitrogens with zero attached hydrogens (tertiary/aromatic N) is 3. The Morgan fingerprint density at radius 1 is 1.04 bits per heavy atom. The summed E-state index contributed by atoms with van der Waals surface area (Å²) >= 11 is 0. The Kier molecular flexibility index (Phi) is 14.4. The molecule has 14 nitrogen and oxygen atoms in total. The zero-order valence-electron chi connectivity index (χ0n) is 35.4. The van der Waals surface area contributed by atoms with Crippen molar-refractivity contribution in [3.8, 4) is 0 Å². The molecule has 2 aromatic rings. The molecule has 0 amide bonds. The van der Waals surface area contributed by atoms with Crippen molar-refractivity contribution in [1.82, 2.24) is 9.88 Å². The van der Waals surface area contributed by atoms with E-state index in [2.05, 4.69) is 11.1 Å². The van der Waals surface area contributed by atoms with Crippen LogP contribution in [0.1, 0.15) is 86.6 Å². The zero-order chi connectivity index (χ0) is 41.8. The number of aliphatic hydroxyl groups excluding tert-OH is 1. The van der Waals surface area contributed by atoms with Crippen LogP contribution in [0.2, 0.25) is 0 Å². The van der Waals surface area contributed by atoms with Gasteiger partial charge < -0.3 is 43.3 Å². The highest BCUT2D eigenvalue weighted by atomic mass is 16.8. The fraction of sp³-hybridized carbons (Fsp3) is 0.698. The van der Waals surface area contributed by atoms with E-state index >= 15 is 0 Å². The molecule has 13 atom stereocenters. The average molecular weight is 798 g/mol. The molecule has 4 heterocycles. The number of rotatable bonds is 10. The predicted molar refractivity (Wildman–Crippen MR) is 212 cm³/mol. The molecule has 3 aliphatic heterocycles. The maximum absolute atomic E-state index is 14.3. The number of hydrogen-bond acceptors (Lipinski definition) is 14. The summed E-state index contributed by atoms with van der Waals surface area (Å²) in [5.74, 6) is -4.33. The first kappa shape index (κ1) is 44.4. The maximum Gasteiger partial charge on any atom is 0.509 e. The first-order valence-electron chi connectivity index (χ1n) is 20.3. The molecule has 5 rings (SSSR count). The van der Waals surface area contributed by atoms with Crippen LogP contribution < -0.4 is 0 Å². The summed E-state index contributed by atoms with van der Waals surface area (Å²) in [5.41, 5.74) is -0.0500. The second kappa shape index (κ2) is 18.5. The minimum atomic E-state index is -1.41. The highest BCUT2D eigenvalue weighted by molar-refractivity contribution is 6.00. The van der Waals surface area contributed by atoms with Crippen LogP contribution in [-0.2, 0) is 49.3 Å². The number of aromatic nitrogens is 1. The number of likely N-dealkylation sites (N-methyl/N-ethyl adjacent to an activating group) is 1. The Labute approximate surface area is 336 Å². The Balaban J connectivity index is 1.50. The number of ether oxygens (including phenoxy) is 6. The number of pyridine rings is 1. The summed E-state index contributed by atoms with van der Waals surface area (Å²) < 4.78 is 36.9. The fourth-order valence-electron chi connectivity index (χ4n) is 8.95. The van der Waals surface area contributed by atoms with Gasteiger partial charge in [-0.1, -0.05) is 51.0 Å². The van der Waals surface area contributed by atoms with Crippen molar-refractivity contribution in [3.05, 3.63) is 42.1 Å². The van der Waals surface area contributed by atoms with Crippen LogP contribution in [0.25, 0.3) is 10.9 Å². The van der Waals surface area contributed by atoms with Crippen molar-refractivity contribution in [3.63, 3.8) is 0 Å². The molecule has 14 heteroatoms. The zero-order valence-corrected chi connectivity index (χ0v) is 35.4. The van der Waals surface area contributed by atoms with Crippen LogP contribution in [0.15, 0.2) is 41.7 Å². The van der Waals surface area contributed by atoms with E-state index in [-0.39, 0.29) is 25.0 Å². The van der Waals surface area contributed by atoms with Crippen LogP contribution in [0.3, 0.4) is 0 Å². The summed E-state index contributed by atoms with van der Waals surface area (Å²) in [5, 5.41) is 17.3. The predicted octanol–water partition coefficient (Wildman–Crippen LogP) is 5.89. The largest absolute Gasteiger partial charge is 0.509 e. The first-order valence-corrected chi connectivity index (χ1v) is 20.3. The van der Waals surface area contributed by atoms with Gasteiger partial charge in [0.25, 0.3) is 0 Å². The summed E-state index contributed by atoms with van der Waals surface area (Å²) in [6.45, 7) is 14.6. The summed E-state index contributed by atoms with van der Waals surface area (Å²) in [6.07, 6.45) is -1.80. The monoisotopic (exact) mass is 797 g/mol. The molecule has 1 aromatic heterocycles. The van der Waals surface area contributed by atoms with E-state index in [0.29, 0.717) is 25.2 Å². The lowest BCUT2D eigenvalue weighted by molar-refractivity contribution is -0.295. The number of Topliss-reactive ketones (excluding diaryl/α,β-unsaturated/α-hetero) is 1. The van der Waals surface area contributed by atoms with E-state index in [1.807, 2.05) is 84.1 Å². The lowest BCUT2D eigenvalue weighted by atomic mass is 9.74. The number of cyclic esters (lactones) is 1. The molecule has 0 aliphatic carbocycles. The topological polar surface area (TPSA) is 165 Å². The van der Waals surface area contributed by atoms with E-state index < -0.39 is 83.5 Å². The lowest BCUT2D eigenvalue weighted by Gasteiger charge is -2.47. The Bertz CT molecular complexity index is 1760. The average Bonchev–Trinajstić information content (AvgIpc) is 3.50. The highest BCUT2D eigenvalue weighted by Gasteiger charge is 2.58. The second-order valence-corrected chi connectivity index (χ2v) is 16.8. The normalized spacial score (nSPS) is 37.7. The molecule has 3 fully saturated rings. The Hall–Kier alpha value is -3.69. The van der Waals surface area contributed by atoms with Crippen LogP contribution in [0, 0.1) is 23.7 Å². The molecule has 0 unspecified atom stereocenters. The van der Waals surface area contributed by atoms with E-state index in [1.54, 1.807) is 21.0 Å². The molecule has 3 saturated heterocycles. The number of carbonyl (C=O) groups excluding carboxylic acids is 3. The van der Waals surface area contributed by atoms with Gasteiger partial charge in [-0.15, -0.1) is 0 Å². The quantitative estimate of drug-likeness (QED) is 0.131. The first-order chi connectivity index (χ1) is 26.9. The van der Waals surface area contributed by atoms with Gasteiger partial charge in [-0.25, -0.2) is 4.79 Å². The van der Waals surface area contributed by atoms with Gasteiger partial charge in [0.2, 0.25) is 0 Å². The Morgan fingerprint density at radius 2 is 1.75 bits per heavy atom. The third-order valence-corrected chi connectivity index (χ3v) is 12.3. The molecule has 3 aliphatic rings. The third-order valence-electron chi connectivity index (χ3n) is 12.3. The van der Waals surface area contributed by atoms with Gasteiger partial charge in [-0.05, 0) is 91.6 Å². The van der Waals surface area contributed by atoms with Gasteiger partial charge in [-0.3, -0.25) is 14.6 Å². The van der Waals surface area contributed by atoms with Gasteiger partial charge >= 0.3 is 12.1 Å². The Morgan fingerprint density at radius 3 is 2.44 bits per heavy atom. The number of hydrogen-bond donors (Lipinski definition) is 1. The number of benzene rings is 1. The SMILES string of the molecule is CC[C@H]1OC(=O)[C@H](C)C(=O)[C@H](C)[C@@H](O[C@@H]2O[C@H](C)C[C@H](N(C)C)[C@H]2O)[C@](C)(OC)C[C@@H](C)/C(=N\OCCCc2cnc3ccccc3c2)[C@H](C)[C@H]2OC(=O)O[C@@]21C. The number of ketones is 1. The molecule has 1 aromatic carbocycles. The fourth-order valence-corrected chi connectivity index (χ4v) is 8.95. The van der Waals surface area contributed by atoms with Crippen LogP contribution in [0.5, 0.6) is 0 Å². The van der Waals surface area contributed by atoms with Crippen molar-refractivity contribution < 1.29 is 52.7 Å². The van der Waals surface area contributed by atoms with Crippen molar-refractivity contribution in [2.24, 2.45) is 28.8 Å². The van der Waals surface area contributed by atoms with Crippen molar-refractivity contribution in [2.45, 2.75) is 142 Å². The second-order valence-electron chi connectivity index (χ2n) is 16.8. The van der Waals surface area contributed by atoms with Crippen LogP contribution in [0.4, 0.5) is 4.79 Å². The molecule has 0 radical (unpaired) electrons. The molecule has 316 valence electrons. The highest BCUT2D eigenvalue weighted by Crippen LogP contribution is 2.42. The van der Waals surface area contributed by atoms with Crippen LogP contribution in [-0.4, -0.2) is 120 Å². The molecule has 57 heavy (non-hydrogen) atoms. The van der Waals surface area contributed by atoms with E-state index in [9.17, 15) is 19.5 Å². The number of aryl methyl sites for hydroxylation is 1. The van der Waals surface area contributed by atoms with E-state index in [1.165, 1.54) is 6.92 Å². The lowest BCUT2D eigenvalue weighted by Crippen LogP contribution is -2.59. The number of esters is 1. The number of fused-ring (bicyclic) bond motifs is 2. The molecule has 0 bridgehead atoms. The van der Waals surface area contributed by atoms with Crippen molar-refractivity contribution in [2.75, 3.05) is 27.8 Å². The maximum atomic E-state index is 14.3. The third kappa shape index (κ3) is 9.62. The number of methoxy groups -OCH3 is 1. The number of carbonyl (C=O) groups is 3. The summed E-state index contributed by atoms with van der Waals surface area (Å²) in [4.78, 5) is 53.6. The smallest absolute Gasteiger partial charge is 0.457 e. The van der Waals surface area contributed by atoms with E-state index in [4.69, 9.17) is 38.4 Å². The summed E-state index contributed by atoms with van der Waals surface area (Å²) in [6, 6.07) is 9.82. The number of aliphatic hydroxyl groups is 1. The van der Waals surface area contributed by atoms with Gasteiger partial charge in [0.1, 0.15) is 24.7 Å². The van der Waals surface area contributed by atoms with Gasteiger partial charge in [0, 0.05) is 42.5 Å². The summed E-state index contributed by atoms with van der Waals surface area (Å²) in [7, 11) is 5.31. The van der Waals surface area contributed by atoms with Crippen molar-refractivity contribution >= 4 is 34.5 Å². The van der Waals surface area contributed by atoms with Gasteiger partial charge in [-0.2, -0.15) is 0 Å². The minimum Gasteiger partial charge on any atom is -0.457 e. The van der Waals surface area contributed by atoms with E-state index in [0.717, 1.165) is 22.9 Å². The van der Waals surface area contributed by atoms with Crippen molar-refractivity contribution in [1.29, 1.82) is 0 Å². The number of para-hydroxylation sites is 1. The molecular formula is C43H63N3O11. The van der Waals surface area contributed by atoms with Crippen LogP contribution >= 0.6 is 0 Å². The standard InChI is InChI=1S/C43H63N3O11/c1-12-33-43(8)38(56-41(50)57-43)26(4)34(45-52-19-15-16-29-21-30-17-13-14-18-31(30)44-23-29)24(2)22-42(7,51-11)37(27(5)35(47)28(6)39(49)54-33)55-40-36(48)32(46(9)10)20-25(3)53-40/h13-14,17-18,21,23-28,32-33,36-38,40,48H,12,15-16,19-20,22H2,1-11H3/b45-34+/t24-,25-,26+,27+,28-,32+,33-,36-,37-,38-,40+,42-,43-/m1/s1. The molecule has 0 spiro atoms. The number of oxime groups is 1.